The Morgan fingerprint density at radius 2 is 2.00 bits per heavy atom. The van der Waals surface area contributed by atoms with Gasteiger partial charge in [-0.2, -0.15) is 0 Å². The van der Waals surface area contributed by atoms with E-state index < -0.39 is 5.60 Å². The van der Waals surface area contributed by atoms with E-state index in [4.69, 9.17) is 6.42 Å². The Morgan fingerprint density at radius 3 is 2.64 bits per heavy atom. The maximum atomic E-state index is 10.5. The van der Waals surface area contributed by atoms with Gasteiger partial charge in [0.15, 0.2) is 0 Å². The van der Waals surface area contributed by atoms with Gasteiger partial charge in [0, 0.05) is 17.2 Å². The van der Waals surface area contributed by atoms with Crippen LogP contribution in [0.25, 0.3) is 0 Å². The second-order valence-corrected chi connectivity index (χ2v) is 8.12. The first kappa shape index (κ1) is 19.0. The first-order valence-electron chi connectivity index (χ1n) is 9.82. The predicted octanol–water partition coefficient (Wildman–Crippen LogP) is 2.63. The van der Waals surface area contributed by atoms with E-state index in [0.717, 1.165) is 30.4 Å². The molecule has 2 unspecified atom stereocenters. The topological polar surface area (TPSA) is 76.5 Å². The molecule has 1 fully saturated rings. The van der Waals surface area contributed by atoms with Crippen LogP contribution >= 0.6 is 0 Å². The van der Waals surface area contributed by atoms with Crippen LogP contribution in [-0.2, 0) is 6.42 Å². The second-order valence-electron chi connectivity index (χ2n) is 8.12. The minimum atomic E-state index is -0.569. The molecule has 5 nitrogen and oxygen atoms in total. The lowest BCUT2D eigenvalue weighted by Gasteiger charge is -2.45. The third-order valence-electron chi connectivity index (χ3n) is 5.87. The highest BCUT2D eigenvalue weighted by Gasteiger charge is 2.40. The maximum Gasteiger partial charge on any atom is 0.121 e. The van der Waals surface area contributed by atoms with Crippen LogP contribution in [0.5, 0.6) is 5.75 Å². The molecule has 4 rings (SSSR count). The van der Waals surface area contributed by atoms with Gasteiger partial charge >= 0.3 is 0 Å². The number of aryl methyl sites for hydroxylation is 1. The monoisotopic (exact) mass is 377 g/mol. The fourth-order valence-corrected chi connectivity index (χ4v) is 4.46. The number of phenols is 1. The zero-order chi connectivity index (χ0) is 19.9. The van der Waals surface area contributed by atoms with Gasteiger partial charge in [0.05, 0.1) is 17.8 Å². The van der Waals surface area contributed by atoms with Gasteiger partial charge < -0.3 is 10.2 Å². The van der Waals surface area contributed by atoms with Crippen LogP contribution in [-0.4, -0.2) is 21.9 Å². The van der Waals surface area contributed by atoms with Crippen molar-refractivity contribution in [2.24, 2.45) is 0 Å². The predicted molar refractivity (Wildman–Crippen MR) is 109 cm³/mol. The van der Waals surface area contributed by atoms with E-state index in [1.807, 2.05) is 19.1 Å². The fraction of sp³-hybridized carbons (Fsp3) is 0.391. The largest absolute Gasteiger partial charge is 0.508 e. The molecule has 2 aromatic rings. The summed E-state index contributed by atoms with van der Waals surface area (Å²) in [5.74, 6) is 2.74. The Bertz CT molecular complexity index is 924. The average molecular weight is 377 g/mol. The van der Waals surface area contributed by atoms with Gasteiger partial charge in [0.1, 0.15) is 5.75 Å². The summed E-state index contributed by atoms with van der Waals surface area (Å²) in [5.41, 5.74) is 11.2. The summed E-state index contributed by atoms with van der Waals surface area (Å²) in [7, 11) is 0. The number of hydrogen-bond acceptors (Lipinski definition) is 5. The first-order valence-corrected chi connectivity index (χ1v) is 9.82. The quantitative estimate of drug-likeness (QED) is 0.530. The Labute approximate surface area is 166 Å². The van der Waals surface area contributed by atoms with Gasteiger partial charge in [-0.15, -0.1) is 6.42 Å². The number of fused-ring (bicyclic) bond motifs is 1. The minimum absolute atomic E-state index is 0.0596. The summed E-state index contributed by atoms with van der Waals surface area (Å²) in [6, 6.07) is 11.8. The van der Waals surface area contributed by atoms with Gasteiger partial charge in [-0.3, -0.25) is 5.32 Å². The second kappa shape index (κ2) is 7.23. The normalized spacial score (nSPS) is 28.9. The zero-order valence-corrected chi connectivity index (χ0v) is 16.3. The van der Waals surface area contributed by atoms with E-state index >= 15 is 0 Å². The van der Waals surface area contributed by atoms with Gasteiger partial charge in [0.2, 0.25) is 0 Å². The number of phenolic OH excluding ortho intramolecular Hbond substituents is 1. The Balaban J connectivity index is 1.69. The summed E-state index contributed by atoms with van der Waals surface area (Å²) in [6.45, 7) is 4.03. The maximum absolute atomic E-state index is 10.5. The van der Waals surface area contributed by atoms with Crippen molar-refractivity contribution >= 4 is 0 Å². The molecule has 5 heteroatoms. The van der Waals surface area contributed by atoms with Crippen molar-refractivity contribution in [3.05, 3.63) is 64.2 Å². The smallest absolute Gasteiger partial charge is 0.121 e. The summed E-state index contributed by atoms with van der Waals surface area (Å²) in [5, 5.41) is 24.2. The van der Waals surface area contributed by atoms with Gasteiger partial charge in [-0.25, -0.2) is 10.9 Å². The molecule has 28 heavy (non-hydrogen) atoms. The standard InChI is InChI=1S/C23H27N3O2/c1-4-14-9-10-17(19(27)11-14)21-18-8-6-7-15(5-2)20(18)22(26-25-21)24-16-12-23(3,28)13-16/h1,6-11,16,21-22,24-28H,5,12-13H2,2-3H3. The third-order valence-corrected chi connectivity index (χ3v) is 5.87. The Kier molecular flexibility index (Phi) is 4.90. The molecule has 0 spiro atoms. The van der Waals surface area contributed by atoms with Crippen LogP contribution in [0.4, 0.5) is 0 Å². The molecule has 2 aromatic carbocycles. The number of hydrazine groups is 1. The molecular formula is C23H27N3O2. The SMILES string of the molecule is C#Cc1ccc(C2NNC(NC3CC(C)(O)C3)c3c(CC)cccc32)c(O)c1. The molecule has 1 heterocycles. The van der Waals surface area contributed by atoms with Crippen molar-refractivity contribution in [3.63, 3.8) is 0 Å². The number of nitrogens with one attached hydrogen (secondary N) is 3. The molecule has 1 aliphatic heterocycles. The zero-order valence-electron chi connectivity index (χ0n) is 16.3. The summed E-state index contributed by atoms with van der Waals surface area (Å²) in [4.78, 5) is 0. The number of aliphatic hydroxyl groups is 1. The number of aromatic hydroxyl groups is 1. The van der Waals surface area contributed by atoms with Gasteiger partial charge in [-0.05, 0) is 55.0 Å². The van der Waals surface area contributed by atoms with Crippen LogP contribution < -0.4 is 16.2 Å². The lowest BCUT2D eigenvalue weighted by Crippen LogP contribution is -2.58. The molecule has 1 saturated carbocycles. The highest BCUT2D eigenvalue weighted by molar-refractivity contribution is 5.51. The molecule has 2 aliphatic rings. The van der Waals surface area contributed by atoms with E-state index in [9.17, 15) is 10.2 Å². The Hall–Kier alpha value is -2.36. The van der Waals surface area contributed by atoms with Crippen molar-refractivity contribution in [1.82, 2.24) is 16.2 Å². The van der Waals surface area contributed by atoms with Crippen LogP contribution in [0.15, 0.2) is 36.4 Å². The molecule has 0 saturated heterocycles. The summed E-state index contributed by atoms with van der Waals surface area (Å²) >= 11 is 0. The van der Waals surface area contributed by atoms with E-state index in [-0.39, 0.29) is 24.0 Å². The lowest BCUT2D eigenvalue weighted by atomic mass is 9.76. The number of benzene rings is 2. The number of hydrogen-bond donors (Lipinski definition) is 5. The highest BCUT2D eigenvalue weighted by Crippen LogP contribution is 2.39. The number of terminal acetylenes is 1. The molecule has 2 atom stereocenters. The van der Waals surface area contributed by atoms with Gasteiger partial charge in [-0.1, -0.05) is 37.1 Å². The molecule has 5 N–H and O–H groups in total. The van der Waals surface area contributed by atoms with Crippen molar-refractivity contribution in [3.8, 4) is 18.1 Å². The van der Waals surface area contributed by atoms with Crippen LogP contribution in [0.2, 0.25) is 0 Å². The molecular weight excluding hydrogens is 350 g/mol. The molecule has 1 aliphatic carbocycles. The van der Waals surface area contributed by atoms with Gasteiger partial charge in [0.25, 0.3) is 0 Å². The highest BCUT2D eigenvalue weighted by atomic mass is 16.3. The molecule has 0 radical (unpaired) electrons. The third kappa shape index (κ3) is 3.41. The van der Waals surface area contributed by atoms with E-state index in [2.05, 4.69) is 47.2 Å². The molecule has 0 aromatic heterocycles. The van der Waals surface area contributed by atoms with E-state index in [1.165, 1.54) is 11.1 Å². The molecule has 0 amide bonds. The summed E-state index contributed by atoms with van der Waals surface area (Å²) in [6.07, 6.45) is 7.79. The molecule has 0 bridgehead atoms. The van der Waals surface area contributed by atoms with E-state index in [1.54, 1.807) is 6.07 Å². The lowest BCUT2D eigenvalue weighted by molar-refractivity contribution is -0.0438. The number of rotatable bonds is 4. The van der Waals surface area contributed by atoms with Crippen LogP contribution in [0.3, 0.4) is 0 Å². The first-order chi connectivity index (χ1) is 13.4. The Morgan fingerprint density at radius 1 is 1.21 bits per heavy atom. The van der Waals surface area contributed by atoms with Crippen molar-refractivity contribution < 1.29 is 10.2 Å². The van der Waals surface area contributed by atoms with Crippen LogP contribution in [0.1, 0.15) is 66.7 Å². The van der Waals surface area contributed by atoms with Crippen LogP contribution in [0, 0.1) is 12.3 Å². The summed E-state index contributed by atoms with van der Waals surface area (Å²) < 4.78 is 0. The fourth-order valence-electron chi connectivity index (χ4n) is 4.46. The molecule has 146 valence electrons. The minimum Gasteiger partial charge on any atom is -0.508 e. The van der Waals surface area contributed by atoms with Crippen molar-refractivity contribution in [1.29, 1.82) is 0 Å². The van der Waals surface area contributed by atoms with Crippen molar-refractivity contribution in [2.45, 2.75) is 57.0 Å². The average Bonchev–Trinajstić information content (AvgIpc) is 2.66. The van der Waals surface area contributed by atoms with E-state index in [0.29, 0.717) is 5.56 Å². The van der Waals surface area contributed by atoms with Crippen molar-refractivity contribution in [2.75, 3.05) is 0 Å².